The number of hydrogen-bond donors (Lipinski definition) is 1. The van der Waals surface area contributed by atoms with E-state index in [0.717, 1.165) is 24.9 Å². The predicted molar refractivity (Wildman–Crippen MR) is 110 cm³/mol. The Labute approximate surface area is 171 Å². The van der Waals surface area contributed by atoms with Crippen molar-refractivity contribution in [2.24, 2.45) is 0 Å². The van der Waals surface area contributed by atoms with Gasteiger partial charge in [0.05, 0.1) is 11.4 Å². The third-order valence-corrected chi connectivity index (χ3v) is 7.13. The molecule has 28 heavy (non-hydrogen) atoms. The number of hydrazine groups is 1. The van der Waals surface area contributed by atoms with Gasteiger partial charge in [-0.3, -0.25) is 10.2 Å². The van der Waals surface area contributed by atoms with E-state index in [-0.39, 0.29) is 5.91 Å². The molecule has 2 fully saturated rings. The molecule has 1 aromatic carbocycles. The first-order valence-corrected chi connectivity index (χ1v) is 10.9. The van der Waals surface area contributed by atoms with E-state index in [9.17, 15) is 4.79 Å². The minimum absolute atomic E-state index is 0.0652. The normalized spacial score (nSPS) is 24.0. The van der Waals surface area contributed by atoms with Gasteiger partial charge in [-0.25, -0.2) is 9.69 Å². The fourth-order valence-electron chi connectivity index (χ4n) is 5.45. The third kappa shape index (κ3) is 3.05. The number of benzene rings is 1. The quantitative estimate of drug-likeness (QED) is 0.752. The molecule has 2 aromatic rings. The molecule has 0 unspecified atom stereocenters. The second-order valence-electron chi connectivity index (χ2n) is 8.59. The molecule has 5 rings (SSSR count). The number of aromatic nitrogens is 2. The van der Waals surface area contributed by atoms with Crippen molar-refractivity contribution in [1.82, 2.24) is 20.2 Å². The van der Waals surface area contributed by atoms with Gasteiger partial charge >= 0.3 is 0 Å². The van der Waals surface area contributed by atoms with Crippen molar-refractivity contribution in [2.45, 2.75) is 69.2 Å². The molecule has 2 atom stereocenters. The molecule has 3 aliphatic rings. The van der Waals surface area contributed by atoms with Crippen molar-refractivity contribution in [3.8, 4) is 5.69 Å². The van der Waals surface area contributed by atoms with E-state index in [1.54, 1.807) is 0 Å². The Kier molecular flexibility index (Phi) is 4.68. The lowest BCUT2D eigenvalue weighted by molar-refractivity contribution is 0.0704. The smallest absolute Gasteiger partial charge is 0.283 e. The Morgan fingerprint density at radius 1 is 1.11 bits per heavy atom. The van der Waals surface area contributed by atoms with Crippen LogP contribution in [0.3, 0.4) is 0 Å². The molecule has 6 heteroatoms. The Morgan fingerprint density at radius 2 is 1.82 bits per heavy atom. The number of nitrogens with one attached hydrogen (secondary N) is 1. The van der Waals surface area contributed by atoms with Gasteiger partial charge in [-0.15, -0.1) is 0 Å². The number of rotatable bonds is 4. The zero-order valence-electron chi connectivity index (χ0n) is 16.3. The number of fused-ring (bicyclic) bond motifs is 5. The van der Waals surface area contributed by atoms with Crippen LogP contribution in [0.2, 0.25) is 5.02 Å². The maximum Gasteiger partial charge on any atom is 0.286 e. The average Bonchev–Trinajstić information content (AvgIpc) is 3.42. The van der Waals surface area contributed by atoms with Crippen LogP contribution in [0.1, 0.15) is 84.9 Å². The summed E-state index contributed by atoms with van der Waals surface area (Å²) in [5.74, 6) is 0.923. The Hall–Kier alpha value is -1.85. The molecule has 0 saturated heterocycles. The second-order valence-corrected chi connectivity index (χ2v) is 9.02. The van der Waals surface area contributed by atoms with E-state index in [1.165, 1.54) is 43.4 Å². The SMILES string of the molecule is CN(NC(=O)c1nn(-c2ccc(Cl)cc2)c2c1[C@H]1CC[C@H]2C1)C1CCCCC1. The van der Waals surface area contributed by atoms with Crippen LogP contribution in [0.4, 0.5) is 0 Å². The van der Waals surface area contributed by atoms with Gasteiger partial charge in [0.15, 0.2) is 5.69 Å². The van der Waals surface area contributed by atoms with Crippen LogP contribution in [0.15, 0.2) is 24.3 Å². The summed E-state index contributed by atoms with van der Waals surface area (Å²) in [4.78, 5) is 13.2. The number of halogens is 1. The highest BCUT2D eigenvalue weighted by Gasteiger charge is 2.44. The highest BCUT2D eigenvalue weighted by atomic mass is 35.5. The summed E-state index contributed by atoms with van der Waals surface area (Å²) in [6, 6.07) is 8.17. The van der Waals surface area contributed by atoms with Crippen molar-refractivity contribution in [3.63, 3.8) is 0 Å². The molecule has 2 saturated carbocycles. The monoisotopic (exact) mass is 398 g/mol. The summed E-state index contributed by atoms with van der Waals surface area (Å²) in [7, 11) is 2.00. The Bertz CT molecular complexity index is 885. The number of carbonyl (C=O) groups excluding carboxylic acids is 1. The summed E-state index contributed by atoms with van der Waals surface area (Å²) in [6.07, 6.45) is 9.62. The van der Waals surface area contributed by atoms with Gasteiger partial charge in [0.1, 0.15) is 0 Å². The minimum Gasteiger partial charge on any atom is -0.283 e. The van der Waals surface area contributed by atoms with E-state index in [1.807, 2.05) is 41.0 Å². The first kappa shape index (κ1) is 18.2. The Morgan fingerprint density at radius 3 is 2.57 bits per heavy atom. The first-order valence-electron chi connectivity index (χ1n) is 10.5. The number of amides is 1. The van der Waals surface area contributed by atoms with E-state index < -0.39 is 0 Å². The van der Waals surface area contributed by atoms with Crippen molar-refractivity contribution in [2.75, 3.05) is 7.05 Å². The van der Waals surface area contributed by atoms with Crippen molar-refractivity contribution in [3.05, 3.63) is 46.2 Å². The maximum absolute atomic E-state index is 13.2. The highest BCUT2D eigenvalue weighted by Crippen LogP contribution is 2.54. The number of carbonyl (C=O) groups is 1. The molecule has 2 bridgehead atoms. The molecule has 1 aromatic heterocycles. The van der Waals surface area contributed by atoms with Crippen LogP contribution in [-0.2, 0) is 0 Å². The van der Waals surface area contributed by atoms with Gasteiger partial charge in [-0.05, 0) is 62.3 Å². The van der Waals surface area contributed by atoms with Gasteiger partial charge in [-0.2, -0.15) is 5.10 Å². The molecular weight excluding hydrogens is 372 g/mol. The second kappa shape index (κ2) is 7.20. The van der Waals surface area contributed by atoms with E-state index in [4.69, 9.17) is 16.7 Å². The summed E-state index contributed by atoms with van der Waals surface area (Å²) in [5.41, 5.74) is 7.14. The number of hydrogen-bond acceptors (Lipinski definition) is 3. The highest BCUT2D eigenvalue weighted by molar-refractivity contribution is 6.30. The lowest BCUT2D eigenvalue weighted by Crippen LogP contribution is -2.46. The van der Waals surface area contributed by atoms with Crippen LogP contribution < -0.4 is 5.43 Å². The van der Waals surface area contributed by atoms with Crippen molar-refractivity contribution < 1.29 is 4.79 Å². The van der Waals surface area contributed by atoms with E-state index in [2.05, 4.69) is 5.43 Å². The van der Waals surface area contributed by atoms with Gasteiger partial charge in [0, 0.05) is 29.6 Å². The molecule has 148 valence electrons. The lowest BCUT2D eigenvalue weighted by atomic mass is 9.95. The topological polar surface area (TPSA) is 50.2 Å². The minimum atomic E-state index is -0.0652. The van der Waals surface area contributed by atoms with Gasteiger partial charge in [0.25, 0.3) is 5.91 Å². The molecule has 0 spiro atoms. The predicted octanol–water partition coefficient (Wildman–Crippen LogP) is 4.80. The van der Waals surface area contributed by atoms with E-state index in [0.29, 0.717) is 28.6 Å². The van der Waals surface area contributed by atoms with Crippen LogP contribution in [0.5, 0.6) is 0 Å². The molecule has 5 nitrogen and oxygen atoms in total. The maximum atomic E-state index is 13.2. The molecule has 1 heterocycles. The van der Waals surface area contributed by atoms with Crippen LogP contribution in [0.25, 0.3) is 5.69 Å². The zero-order valence-corrected chi connectivity index (χ0v) is 17.1. The van der Waals surface area contributed by atoms with E-state index >= 15 is 0 Å². The van der Waals surface area contributed by atoms with Crippen LogP contribution in [0, 0.1) is 0 Å². The Balaban J connectivity index is 1.46. The summed E-state index contributed by atoms with van der Waals surface area (Å²) in [6.45, 7) is 0. The van der Waals surface area contributed by atoms with Crippen LogP contribution in [-0.4, -0.2) is 33.8 Å². The summed E-state index contributed by atoms with van der Waals surface area (Å²) >= 11 is 6.07. The largest absolute Gasteiger partial charge is 0.286 e. The standard InChI is InChI=1S/C22H27ClN4O/c1-26(17-5-3-2-4-6-17)25-22(28)20-19-14-7-8-15(13-14)21(19)27(24-20)18-11-9-16(23)10-12-18/h9-12,14-15,17H,2-8,13H2,1H3,(H,25,28)/t14-,15-/m0/s1. The van der Waals surface area contributed by atoms with Gasteiger partial charge in [0.2, 0.25) is 0 Å². The summed E-state index contributed by atoms with van der Waals surface area (Å²) < 4.78 is 1.99. The summed E-state index contributed by atoms with van der Waals surface area (Å²) in [5, 5.41) is 7.53. The zero-order chi connectivity index (χ0) is 19.3. The van der Waals surface area contributed by atoms with Crippen LogP contribution >= 0.6 is 11.6 Å². The lowest BCUT2D eigenvalue weighted by Gasteiger charge is -2.31. The third-order valence-electron chi connectivity index (χ3n) is 6.87. The van der Waals surface area contributed by atoms with Gasteiger partial charge < -0.3 is 0 Å². The molecule has 3 aliphatic carbocycles. The molecule has 1 amide bonds. The fraction of sp³-hybridized carbons (Fsp3) is 0.545. The molecule has 0 radical (unpaired) electrons. The average molecular weight is 399 g/mol. The van der Waals surface area contributed by atoms with Gasteiger partial charge in [-0.1, -0.05) is 30.9 Å². The van der Waals surface area contributed by atoms with Crippen molar-refractivity contribution in [1.29, 1.82) is 0 Å². The molecule has 1 N–H and O–H groups in total. The first-order chi connectivity index (χ1) is 13.6. The molecule has 0 aliphatic heterocycles. The van der Waals surface area contributed by atoms with Crippen molar-refractivity contribution >= 4 is 17.5 Å². The fourth-order valence-corrected chi connectivity index (χ4v) is 5.58. The molecular formula is C22H27ClN4O. The number of nitrogens with zero attached hydrogens (tertiary/aromatic N) is 3.